The number of hydrogen-bond donors (Lipinski definition) is 2. The van der Waals surface area contributed by atoms with Crippen LogP contribution in [0.5, 0.6) is 0 Å². The summed E-state index contributed by atoms with van der Waals surface area (Å²) in [6.07, 6.45) is 0. The van der Waals surface area contributed by atoms with Gasteiger partial charge in [-0.25, -0.2) is 0 Å². The molecular formula is C5H13NO2. The maximum atomic E-state index is 8.99. The molecular weight excluding hydrogens is 106 g/mol. The van der Waals surface area contributed by atoms with Crippen molar-refractivity contribution in [1.29, 1.82) is 0 Å². The van der Waals surface area contributed by atoms with E-state index >= 15 is 0 Å². The van der Waals surface area contributed by atoms with Gasteiger partial charge in [0, 0.05) is 14.0 Å². The van der Waals surface area contributed by atoms with Crippen molar-refractivity contribution >= 4 is 0 Å². The summed E-state index contributed by atoms with van der Waals surface area (Å²) in [6.45, 7) is 4.14. The maximum Gasteiger partial charge on any atom is 0.221 e. The predicted molar refractivity (Wildman–Crippen MR) is 31.3 cm³/mol. The zero-order valence-electron chi connectivity index (χ0n) is 5.56. The summed E-state index contributed by atoms with van der Waals surface area (Å²) in [5, 5.41) is 11.7. The minimum absolute atomic E-state index is 0.695. The molecule has 0 aliphatic rings. The van der Waals surface area contributed by atoms with Crippen LogP contribution >= 0.6 is 0 Å². The summed E-state index contributed by atoms with van der Waals surface area (Å²) in [7, 11) is 1.45. The molecule has 0 rings (SSSR count). The van der Waals surface area contributed by atoms with Crippen molar-refractivity contribution in [3.8, 4) is 0 Å². The van der Waals surface area contributed by atoms with Gasteiger partial charge in [-0.2, -0.15) is 0 Å². The highest BCUT2D eigenvalue weighted by atomic mass is 16.6. The van der Waals surface area contributed by atoms with Crippen LogP contribution in [0.4, 0.5) is 0 Å². The first-order chi connectivity index (χ1) is 3.62. The number of hydrogen-bond acceptors (Lipinski definition) is 3. The maximum absolute atomic E-state index is 8.99. The van der Waals surface area contributed by atoms with Gasteiger partial charge in [0.1, 0.15) is 0 Å². The van der Waals surface area contributed by atoms with Crippen LogP contribution in [0.3, 0.4) is 0 Å². The molecule has 1 atom stereocenters. The minimum Gasteiger partial charge on any atom is -0.354 e. The lowest BCUT2D eigenvalue weighted by Crippen LogP contribution is -2.43. The molecule has 2 N–H and O–H groups in total. The van der Waals surface area contributed by atoms with Crippen LogP contribution in [0.1, 0.15) is 13.8 Å². The molecule has 0 amide bonds. The molecule has 0 aliphatic carbocycles. The molecule has 1 unspecified atom stereocenters. The van der Waals surface area contributed by atoms with Gasteiger partial charge in [-0.3, -0.25) is 5.32 Å². The fourth-order valence-electron chi connectivity index (χ4n) is 0.400. The number of ether oxygens (including phenoxy) is 1. The number of rotatable bonds is 3. The summed E-state index contributed by atoms with van der Waals surface area (Å²) in [5.41, 5.74) is 0. The van der Waals surface area contributed by atoms with Gasteiger partial charge in [-0.1, -0.05) is 6.92 Å². The van der Waals surface area contributed by atoms with Crippen molar-refractivity contribution in [3.05, 3.63) is 0 Å². The second-order valence-electron chi connectivity index (χ2n) is 1.72. The highest BCUT2D eigenvalue weighted by Crippen LogP contribution is 1.95. The van der Waals surface area contributed by atoms with E-state index in [0.29, 0.717) is 6.54 Å². The van der Waals surface area contributed by atoms with Gasteiger partial charge < -0.3 is 9.84 Å². The van der Waals surface area contributed by atoms with E-state index in [1.165, 1.54) is 7.11 Å². The molecule has 0 aromatic rings. The third-order valence-electron chi connectivity index (χ3n) is 0.902. The zero-order chi connectivity index (χ0) is 6.62. The molecule has 0 heterocycles. The average molecular weight is 119 g/mol. The summed E-state index contributed by atoms with van der Waals surface area (Å²) < 4.78 is 4.62. The van der Waals surface area contributed by atoms with Gasteiger partial charge >= 0.3 is 0 Å². The first-order valence-electron chi connectivity index (χ1n) is 2.65. The third-order valence-corrected chi connectivity index (χ3v) is 0.902. The van der Waals surface area contributed by atoms with Crippen LogP contribution in [-0.4, -0.2) is 24.7 Å². The van der Waals surface area contributed by atoms with Gasteiger partial charge in [-0.05, 0) is 6.54 Å². The summed E-state index contributed by atoms with van der Waals surface area (Å²) in [5.74, 6) is -1.16. The summed E-state index contributed by atoms with van der Waals surface area (Å²) >= 11 is 0. The molecule has 0 aromatic heterocycles. The molecule has 0 saturated heterocycles. The molecule has 0 fully saturated rings. The van der Waals surface area contributed by atoms with E-state index in [9.17, 15) is 0 Å². The number of methoxy groups -OCH3 is 1. The van der Waals surface area contributed by atoms with E-state index in [1.54, 1.807) is 6.92 Å². The van der Waals surface area contributed by atoms with Gasteiger partial charge in [0.15, 0.2) is 0 Å². The van der Waals surface area contributed by atoms with Crippen molar-refractivity contribution in [2.75, 3.05) is 13.7 Å². The number of nitrogens with one attached hydrogen (secondary N) is 1. The third kappa shape index (κ3) is 2.96. The van der Waals surface area contributed by atoms with E-state index < -0.39 is 5.91 Å². The quantitative estimate of drug-likeness (QED) is 0.510. The second kappa shape index (κ2) is 3.02. The SMILES string of the molecule is CCNC(C)(O)OC. The molecule has 0 bridgehead atoms. The molecule has 0 radical (unpaired) electrons. The first kappa shape index (κ1) is 7.88. The van der Waals surface area contributed by atoms with Crippen molar-refractivity contribution in [2.45, 2.75) is 19.8 Å². The molecule has 0 saturated carbocycles. The van der Waals surface area contributed by atoms with Crippen molar-refractivity contribution < 1.29 is 9.84 Å². The number of aliphatic hydroxyl groups is 1. The van der Waals surface area contributed by atoms with Crippen molar-refractivity contribution in [1.82, 2.24) is 5.32 Å². The molecule has 0 spiro atoms. The summed E-state index contributed by atoms with van der Waals surface area (Å²) in [4.78, 5) is 0. The van der Waals surface area contributed by atoms with Crippen molar-refractivity contribution in [3.63, 3.8) is 0 Å². The van der Waals surface area contributed by atoms with E-state index in [1.807, 2.05) is 6.92 Å². The molecule has 8 heavy (non-hydrogen) atoms. The normalized spacial score (nSPS) is 18.0. The lowest BCUT2D eigenvalue weighted by molar-refractivity contribution is -0.192. The Kier molecular flexibility index (Phi) is 2.97. The second-order valence-corrected chi connectivity index (χ2v) is 1.72. The van der Waals surface area contributed by atoms with Crippen LogP contribution in [0.2, 0.25) is 0 Å². The van der Waals surface area contributed by atoms with Gasteiger partial charge in [0.25, 0.3) is 0 Å². The topological polar surface area (TPSA) is 41.5 Å². The molecule has 0 aromatic carbocycles. The van der Waals surface area contributed by atoms with Gasteiger partial charge in [0.2, 0.25) is 5.91 Å². The van der Waals surface area contributed by atoms with Crippen molar-refractivity contribution in [2.24, 2.45) is 0 Å². The van der Waals surface area contributed by atoms with Crippen LogP contribution in [0, 0.1) is 0 Å². The highest BCUT2D eigenvalue weighted by Gasteiger charge is 2.14. The lowest BCUT2D eigenvalue weighted by Gasteiger charge is -2.21. The Bertz CT molecular complexity index is 63.4. The first-order valence-corrected chi connectivity index (χ1v) is 2.65. The van der Waals surface area contributed by atoms with E-state index in [2.05, 4.69) is 10.1 Å². The van der Waals surface area contributed by atoms with E-state index in [4.69, 9.17) is 5.11 Å². The molecule has 50 valence electrons. The summed E-state index contributed by atoms with van der Waals surface area (Å²) in [6, 6.07) is 0. The van der Waals surface area contributed by atoms with Crippen LogP contribution in [0.25, 0.3) is 0 Å². The van der Waals surface area contributed by atoms with Crippen LogP contribution in [-0.2, 0) is 4.74 Å². The van der Waals surface area contributed by atoms with Crippen LogP contribution < -0.4 is 5.32 Å². The monoisotopic (exact) mass is 119 g/mol. The van der Waals surface area contributed by atoms with E-state index in [0.717, 1.165) is 0 Å². The standard InChI is InChI=1S/C5H13NO2/c1-4-6-5(2,7)8-3/h6-7H,4H2,1-3H3. The Morgan fingerprint density at radius 3 is 2.38 bits per heavy atom. The highest BCUT2D eigenvalue weighted by molar-refractivity contribution is 4.51. The van der Waals surface area contributed by atoms with Gasteiger partial charge in [0.05, 0.1) is 0 Å². The smallest absolute Gasteiger partial charge is 0.221 e. The Morgan fingerprint density at radius 1 is 1.75 bits per heavy atom. The Labute approximate surface area is 49.7 Å². The fourth-order valence-corrected chi connectivity index (χ4v) is 0.400. The molecule has 0 aliphatic heterocycles. The van der Waals surface area contributed by atoms with Crippen LogP contribution in [0.15, 0.2) is 0 Å². The lowest BCUT2D eigenvalue weighted by atomic mass is 10.5. The Morgan fingerprint density at radius 2 is 2.25 bits per heavy atom. The minimum atomic E-state index is -1.16. The van der Waals surface area contributed by atoms with Gasteiger partial charge in [-0.15, -0.1) is 0 Å². The molecule has 3 nitrogen and oxygen atoms in total. The molecule has 3 heteroatoms. The van der Waals surface area contributed by atoms with E-state index in [-0.39, 0.29) is 0 Å². The Hall–Kier alpha value is -0.120. The average Bonchev–Trinajstić information content (AvgIpc) is 1.67. The zero-order valence-corrected chi connectivity index (χ0v) is 5.56. The fraction of sp³-hybridized carbons (Fsp3) is 1.00. The largest absolute Gasteiger partial charge is 0.354 e. The Balaban J connectivity index is 3.37. The predicted octanol–water partition coefficient (Wildman–Crippen LogP) is -0.0917.